The zero-order valence-corrected chi connectivity index (χ0v) is 22.4. The van der Waals surface area contributed by atoms with Gasteiger partial charge < -0.3 is 20.7 Å². The molecule has 9 heteroatoms. The van der Waals surface area contributed by atoms with Gasteiger partial charge in [0.25, 0.3) is 0 Å². The Balaban J connectivity index is 1.85. The van der Waals surface area contributed by atoms with Gasteiger partial charge in [-0.1, -0.05) is 49.0 Å². The number of amides is 2. The number of rotatable bonds is 7. The van der Waals surface area contributed by atoms with E-state index in [0.717, 1.165) is 35.3 Å². The maximum Gasteiger partial charge on any atom is 0.407 e. The molecule has 3 N–H and O–H groups in total. The molecule has 1 saturated heterocycles. The molecule has 1 aliphatic rings. The summed E-state index contributed by atoms with van der Waals surface area (Å²) in [6.07, 6.45) is 1.76. The van der Waals surface area contributed by atoms with Crippen molar-refractivity contribution < 1.29 is 14.3 Å². The van der Waals surface area contributed by atoms with Crippen molar-refractivity contribution in [3.8, 4) is 6.07 Å². The number of primary amides is 1. The van der Waals surface area contributed by atoms with Gasteiger partial charge in [-0.05, 0) is 63.6 Å². The van der Waals surface area contributed by atoms with E-state index in [0.29, 0.717) is 30.1 Å². The van der Waals surface area contributed by atoms with Crippen molar-refractivity contribution in [2.45, 2.75) is 75.8 Å². The van der Waals surface area contributed by atoms with E-state index in [4.69, 9.17) is 15.5 Å². The van der Waals surface area contributed by atoms with E-state index in [1.54, 1.807) is 0 Å². The SMILES string of the molecule is CCc1c(C)c(N2CCC(NC(=O)OC(C)(C)C)CC2)nc(SC(C(N)=O)c2ccccc2)c1C#N. The molecule has 8 nitrogen and oxygen atoms in total. The molecular formula is C27H35N5O3S. The first-order chi connectivity index (χ1) is 17.0. The number of alkyl carbamates (subject to hydrolysis) is 1. The Morgan fingerprint density at radius 2 is 1.92 bits per heavy atom. The molecule has 0 bridgehead atoms. The van der Waals surface area contributed by atoms with Crippen LogP contribution < -0.4 is 16.0 Å². The Hall–Kier alpha value is -3.25. The fraction of sp³-hybridized carbons (Fsp3) is 0.481. The highest BCUT2D eigenvalue weighted by atomic mass is 32.2. The maximum absolute atomic E-state index is 12.4. The van der Waals surface area contributed by atoms with Crippen LogP contribution in [-0.4, -0.2) is 41.7 Å². The number of hydrogen-bond acceptors (Lipinski definition) is 7. The molecule has 192 valence electrons. The van der Waals surface area contributed by atoms with Crippen LogP contribution in [0.3, 0.4) is 0 Å². The summed E-state index contributed by atoms with van der Waals surface area (Å²) in [5.74, 6) is 0.325. The van der Waals surface area contributed by atoms with Crippen molar-refractivity contribution in [2.24, 2.45) is 5.73 Å². The Bertz CT molecular complexity index is 1130. The van der Waals surface area contributed by atoms with Crippen LogP contribution in [0, 0.1) is 18.3 Å². The highest BCUT2D eigenvalue weighted by Gasteiger charge is 2.29. The van der Waals surface area contributed by atoms with Crippen LogP contribution in [0.4, 0.5) is 10.6 Å². The van der Waals surface area contributed by atoms with E-state index in [1.807, 2.05) is 65.0 Å². The zero-order chi connectivity index (χ0) is 26.5. The fourth-order valence-corrected chi connectivity index (χ4v) is 5.44. The second-order valence-electron chi connectivity index (χ2n) is 9.90. The van der Waals surface area contributed by atoms with Crippen molar-refractivity contribution in [3.63, 3.8) is 0 Å². The minimum atomic E-state index is -0.658. The van der Waals surface area contributed by atoms with E-state index in [-0.39, 0.29) is 6.04 Å². The van der Waals surface area contributed by atoms with E-state index in [2.05, 4.69) is 16.3 Å². The summed E-state index contributed by atoms with van der Waals surface area (Å²) < 4.78 is 5.39. The number of nitrogens with one attached hydrogen (secondary N) is 1. The first kappa shape index (κ1) is 27.3. The summed E-state index contributed by atoms with van der Waals surface area (Å²) in [5, 5.41) is 12.8. The number of benzene rings is 1. The van der Waals surface area contributed by atoms with Crippen molar-refractivity contribution in [3.05, 3.63) is 52.6 Å². The molecule has 0 saturated carbocycles. The Morgan fingerprint density at radius 3 is 2.44 bits per heavy atom. The number of nitrogens with zero attached hydrogens (tertiary/aromatic N) is 3. The second kappa shape index (κ2) is 11.7. The van der Waals surface area contributed by atoms with Gasteiger partial charge in [0.2, 0.25) is 5.91 Å². The van der Waals surface area contributed by atoms with Crippen LogP contribution in [0.2, 0.25) is 0 Å². The molecule has 36 heavy (non-hydrogen) atoms. The lowest BCUT2D eigenvalue weighted by Gasteiger charge is -2.35. The fourth-order valence-electron chi connectivity index (χ4n) is 4.38. The van der Waals surface area contributed by atoms with Crippen LogP contribution in [0.1, 0.15) is 68.0 Å². The molecule has 0 radical (unpaired) electrons. The number of aromatic nitrogens is 1. The summed E-state index contributed by atoms with van der Waals surface area (Å²) in [4.78, 5) is 31.6. The van der Waals surface area contributed by atoms with E-state index in [1.165, 1.54) is 11.8 Å². The monoisotopic (exact) mass is 509 g/mol. The minimum absolute atomic E-state index is 0.0200. The molecule has 2 amide bonds. The van der Waals surface area contributed by atoms with Crippen LogP contribution >= 0.6 is 11.8 Å². The van der Waals surface area contributed by atoms with Crippen molar-refractivity contribution >= 4 is 29.6 Å². The lowest BCUT2D eigenvalue weighted by molar-refractivity contribution is -0.117. The van der Waals surface area contributed by atoms with Gasteiger partial charge in [-0.15, -0.1) is 0 Å². The molecule has 2 aromatic rings. The topological polar surface area (TPSA) is 121 Å². The predicted molar refractivity (Wildman–Crippen MR) is 142 cm³/mol. The maximum atomic E-state index is 12.4. The average Bonchev–Trinajstić information content (AvgIpc) is 2.82. The number of anilines is 1. The molecule has 0 aliphatic carbocycles. The Morgan fingerprint density at radius 1 is 1.28 bits per heavy atom. The molecule has 1 atom stereocenters. The molecule has 1 aliphatic heterocycles. The number of carbonyl (C=O) groups excluding carboxylic acids is 2. The summed E-state index contributed by atoms with van der Waals surface area (Å²) in [7, 11) is 0. The second-order valence-corrected chi connectivity index (χ2v) is 11.0. The average molecular weight is 510 g/mol. The highest BCUT2D eigenvalue weighted by molar-refractivity contribution is 8.00. The molecule has 1 aromatic carbocycles. The Labute approximate surface area is 217 Å². The number of ether oxygens (including phenoxy) is 1. The minimum Gasteiger partial charge on any atom is -0.444 e. The first-order valence-electron chi connectivity index (χ1n) is 12.2. The van der Waals surface area contributed by atoms with Gasteiger partial charge in [-0.3, -0.25) is 4.79 Å². The number of thioether (sulfide) groups is 1. The quantitative estimate of drug-likeness (QED) is 0.522. The highest BCUT2D eigenvalue weighted by Crippen LogP contribution is 2.39. The van der Waals surface area contributed by atoms with Gasteiger partial charge in [-0.2, -0.15) is 5.26 Å². The van der Waals surface area contributed by atoms with E-state index >= 15 is 0 Å². The molecular weight excluding hydrogens is 474 g/mol. The first-order valence-corrected chi connectivity index (χ1v) is 13.1. The van der Waals surface area contributed by atoms with Gasteiger partial charge in [0.05, 0.1) is 5.56 Å². The molecule has 0 spiro atoms. The molecule has 2 heterocycles. The Kier molecular flexibility index (Phi) is 8.85. The lowest BCUT2D eigenvalue weighted by Crippen LogP contribution is -2.46. The zero-order valence-electron chi connectivity index (χ0n) is 21.6. The van der Waals surface area contributed by atoms with E-state index < -0.39 is 22.9 Å². The van der Waals surface area contributed by atoms with Gasteiger partial charge >= 0.3 is 6.09 Å². The number of nitrogens with two attached hydrogens (primary N) is 1. The van der Waals surface area contributed by atoms with Crippen LogP contribution in [0.5, 0.6) is 0 Å². The third-order valence-electron chi connectivity index (χ3n) is 6.08. The molecule has 3 rings (SSSR count). The van der Waals surface area contributed by atoms with Crippen LogP contribution in [0.25, 0.3) is 0 Å². The summed E-state index contributed by atoms with van der Waals surface area (Å²) in [6, 6.07) is 11.6. The normalized spacial score (nSPS) is 15.2. The van der Waals surface area contributed by atoms with Crippen LogP contribution in [-0.2, 0) is 16.0 Å². The van der Waals surface area contributed by atoms with Crippen molar-refractivity contribution in [1.29, 1.82) is 5.26 Å². The molecule has 1 unspecified atom stereocenters. The van der Waals surface area contributed by atoms with Crippen LogP contribution in [0.15, 0.2) is 35.4 Å². The number of nitriles is 1. The number of hydrogen-bond donors (Lipinski definition) is 2. The van der Waals surface area contributed by atoms with Gasteiger partial charge in [-0.25, -0.2) is 9.78 Å². The van der Waals surface area contributed by atoms with Gasteiger partial charge in [0.15, 0.2) is 0 Å². The van der Waals surface area contributed by atoms with Gasteiger partial charge in [0, 0.05) is 19.1 Å². The van der Waals surface area contributed by atoms with E-state index in [9.17, 15) is 14.9 Å². The summed E-state index contributed by atoms with van der Waals surface area (Å²) >= 11 is 1.22. The number of piperidine rings is 1. The largest absolute Gasteiger partial charge is 0.444 e. The predicted octanol–water partition coefficient (Wildman–Crippen LogP) is 4.64. The number of carbonyl (C=O) groups is 2. The van der Waals surface area contributed by atoms with Crippen molar-refractivity contribution in [1.82, 2.24) is 10.3 Å². The molecule has 1 fully saturated rings. The standard InChI is InChI=1S/C27H35N5O3S/c1-6-20-17(2)24(32-14-12-19(13-15-32)30-26(34)35-27(3,4)5)31-25(21(20)16-28)36-22(23(29)33)18-10-8-7-9-11-18/h7-11,19,22H,6,12-15H2,1-5H3,(H2,29,33)(H,30,34). The van der Waals surface area contributed by atoms with Gasteiger partial charge in [0.1, 0.15) is 27.8 Å². The number of pyridine rings is 1. The molecule has 1 aromatic heterocycles. The third kappa shape index (κ3) is 6.70. The van der Waals surface area contributed by atoms with Crippen molar-refractivity contribution in [2.75, 3.05) is 18.0 Å². The summed E-state index contributed by atoms with van der Waals surface area (Å²) in [5.41, 5.74) is 8.37. The third-order valence-corrected chi connectivity index (χ3v) is 7.34. The smallest absolute Gasteiger partial charge is 0.407 e. The lowest BCUT2D eigenvalue weighted by atomic mass is 10.00. The summed E-state index contributed by atoms with van der Waals surface area (Å²) in [6.45, 7) is 10.9.